The van der Waals surface area contributed by atoms with Gasteiger partial charge in [-0.3, -0.25) is 4.90 Å². The number of likely N-dealkylation sites (N-methyl/N-ethyl adjacent to an activating group) is 2. The van der Waals surface area contributed by atoms with Crippen molar-refractivity contribution < 1.29 is 4.74 Å². The summed E-state index contributed by atoms with van der Waals surface area (Å²) in [5, 5.41) is 0. The van der Waals surface area contributed by atoms with Crippen molar-refractivity contribution in [2.45, 2.75) is 12.5 Å². The quantitative estimate of drug-likeness (QED) is 0.624. The van der Waals surface area contributed by atoms with Gasteiger partial charge in [-0.2, -0.15) is 0 Å². The molecular formula is C10H25N3O. The molecule has 0 amide bonds. The molecule has 0 aliphatic carbocycles. The summed E-state index contributed by atoms with van der Waals surface area (Å²) < 4.78 is 5.19. The normalized spacial score (nSPS) is 16.3. The maximum absolute atomic E-state index is 5.77. The lowest BCUT2D eigenvalue weighted by Gasteiger charge is -2.37. The van der Waals surface area contributed by atoms with Gasteiger partial charge in [-0.15, -0.1) is 0 Å². The van der Waals surface area contributed by atoms with E-state index < -0.39 is 0 Å². The minimum atomic E-state index is -0.0508. The second kappa shape index (κ2) is 6.35. The van der Waals surface area contributed by atoms with Gasteiger partial charge in [0.1, 0.15) is 0 Å². The molecule has 14 heavy (non-hydrogen) atoms. The molecule has 1 atom stereocenters. The second-order valence-corrected chi connectivity index (χ2v) is 4.36. The minimum Gasteiger partial charge on any atom is -0.383 e. The average Bonchev–Trinajstić information content (AvgIpc) is 2.14. The van der Waals surface area contributed by atoms with Crippen LogP contribution < -0.4 is 5.73 Å². The third-order valence-corrected chi connectivity index (χ3v) is 2.70. The van der Waals surface area contributed by atoms with Crippen LogP contribution in [0, 0.1) is 0 Å². The fraction of sp³-hybridized carbons (Fsp3) is 1.00. The summed E-state index contributed by atoms with van der Waals surface area (Å²) in [5.41, 5.74) is 5.71. The number of hydrogen-bond donors (Lipinski definition) is 1. The summed E-state index contributed by atoms with van der Waals surface area (Å²) in [4.78, 5) is 4.43. The summed E-state index contributed by atoms with van der Waals surface area (Å²) in [6, 6.07) is 0. The van der Waals surface area contributed by atoms with Crippen molar-refractivity contribution in [2.75, 3.05) is 54.5 Å². The third-order valence-electron chi connectivity index (χ3n) is 2.70. The number of rotatable bonds is 7. The molecule has 0 fully saturated rings. The van der Waals surface area contributed by atoms with Gasteiger partial charge in [0.05, 0.1) is 12.1 Å². The van der Waals surface area contributed by atoms with Crippen LogP contribution in [-0.4, -0.2) is 69.8 Å². The Morgan fingerprint density at radius 2 is 1.79 bits per heavy atom. The number of nitrogens with two attached hydrogens (primary N) is 1. The monoisotopic (exact) mass is 203 g/mol. The lowest BCUT2D eigenvalue weighted by atomic mass is 10.0. The van der Waals surface area contributed by atoms with Crippen LogP contribution in [0.5, 0.6) is 0 Å². The number of hydrogen-bond acceptors (Lipinski definition) is 4. The first kappa shape index (κ1) is 13.8. The standard InChI is InChI=1S/C10H25N3O/c1-10(8-11,9-14-5)13(4)7-6-12(2)3/h6-9,11H2,1-5H3. The Morgan fingerprint density at radius 1 is 1.21 bits per heavy atom. The van der Waals surface area contributed by atoms with Crippen molar-refractivity contribution in [3.63, 3.8) is 0 Å². The molecule has 0 saturated carbocycles. The predicted octanol–water partition coefficient (Wildman–Crippen LogP) is -0.156. The van der Waals surface area contributed by atoms with E-state index in [1.807, 2.05) is 0 Å². The van der Waals surface area contributed by atoms with E-state index in [1.54, 1.807) is 7.11 Å². The highest BCUT2D eigenvalue weighted by Gasteiger charge is 2.27. The molecule has 0 aliphatic heterocycles. The van der Waals surface area contributed by atoms with Gasteiger partial charge in [0.2, 0.25) is 0 Å². The van der Waals surface area contributed by atoms with E-state index in [0.29, 0.717) is 13.2 Å². The maximum atomic E-state index is 5.77. The first-order valence-electron chi connectivity index (χ1n) is 5.01. The molecule has 0 heterocycles. The Balaban J connectivity index is 4.08. The van der Waals surface area contributed by atoms with Crippen LogP contribution >= 0.6 is 0 Å². The van der Waals surface area contributed by atoms with E-state index in [9.17, 15) is 0 Å². The van der Waals surface area contributed by atoms with Crippen LogP contribution in [-0.2, 0) is 4.74 Å². The zero-order valence-corrected chi connectivity index (χ0v) is 10.2. The highest BCUT2D eigenvalue weighted by atomic mass is 16.5. The molecule has 0 spiro atoms. The van der Waals surface area contributed by atoms with E-state index in [1.165, 1.54) is 0 Å². The van der Waals surface area contributed by atoms with Crippen molar-refractivity contribution in [2.24, 2.45) is 5.73 Å². The third kappa shape index (κ3) is 4.37. The molecule has 4 nitrogen and oxygen atoms in total. The number of methoxy groups -OCH3 is 1. The molecule has 0 saturated heterocycles. The first-order chi connectivity index (χ1) is 6.46. The van der Waals surface area contributed by atoms with Gasteiger partial charge in [-0.25, -0.2) is 0 Å². The Morgan fingerprint density at radius 3 is 2.14 bits per heavy atom. The molecule has 86 valence electrons. The summed E-state index contributed by atoms with van der Waals surface area (Å²) in [6.07, 6.45) is 0. The van der Waals surface area contributed by atoms with Crippen molar-refractivity contribution in [1.82, 2.24) is 9.80 Å². The highest BCUT2D eigenvalue weighted by molar-refractivity contribution is 4.85. The zero-order valence-electron chi connectivity index (χ0n) is 10.2. The zero-order chi connectivity index (χ0) is 11.2. The predicted molar refractivity (Wildman–Crippen MR) is 60.5 cm³/mol. The molecule has 0 rings (SSSR count). The molecule has 1 unspecified atom stereocenters. The van der Waals surface area contributed by atoms with Gasteiger partial charge in [0.15, 0.2) is 0 Å². The Labute approximate surface area is 88.0 Å². The Kier molecular flexibility index (Phi) is 6.27. The SMILES string of the molecule is COCC(C)(CN)N(C)CCN(C)C. The lowest BCUT2D eigenvalue weighted by molar-refractivity contribution is 0.0404. The van der Waals surface area contributed by atoms with E-state index in [-0.39, 0.29) is 5.54 Å². The summed E-state index contributed by atoms with van der Waals surface area (Å²) >= 11 is 0. The largest absolute Gasteiger partial charge is 0.383 e. The van der Waals surface area contributed by atoms with E-state index in [4.69, 9.17) is 10.5 Å². The average molecular weight is 203 g/mol. The van der Waals surface area contributed by atoms with Crippen molar-refractivity contribution in [3.8, 4) is 0 Å². The second-order valence-electron chi connectivity index (χ2n) is 4.36. The molecule has 0 aliphatic rings. The molecule has 0 aromatic heterocycles. The molecule has 0 aromatic carbocycles. The fourth-order valence-electron chi connectivity index (χ4n) is 1.26. The Bertz CT molecular complexity index is 152. The van der Waals surface area contributed by atoms with Gasteiger partial charge in [0, 0.05) is 26.7 Å². The lowest BCUT2D eigenvalue weighted by Crippen LogP contribution is -2.54. The molecule has 4 heteroatoms. The molecule has 0 bridgehead atoms. The van der Waals surface area contributed by atoms with E-state index in [0.717, 1.165) is 13.1 Å². The summed E-state index contributed by atoms with van der Waals surface area (Å²) in [5.74, 6) is 0. The van der Waals surface area contributed by atoms with Gasteiger partial charge >= 0.3 is 0 Å². The topological polar surface area (TPSA) is 41.7 Å². The van der Waals surface area contributed by atoms with E-state index in [2.05, 4.69) is 37.9 Å². The van der Waals surface area contributed by atoms with Crippen LogP contribution in [0.15, 0.2) is 0 Å². The van der Waals surface area contributed by atoms with Gasteiger partial charge < -0.3 is 15.4 Å². The van der Waals surface area contributed by atoms with E-state index >= 15 is 0 Å². The molecule has 0 radical (unpaired) electrons. The smallest absolute Gasteiger partial charge is 0.0656 e. The summed E-state index contributed by atoms with van der Waals surface area (Å²) in [6.45, 7) is 5.46. The molecule has 2 N–H and O–H groups in total. The summed E-state index contributed by atoms with van der Waals surface area (Å²) in [7, 11) is 7.96. The van der Waals surface area contributed by atoms with Crippen molar-refractivity contribution >= 4 is 0 Å². The Hall–Kier alpha value is -0.160. The van der Waals surface area contributed by atoms with Crippen LogP contribution in [0.4, 0.5) is 0 Å². The van der Waals surface area contributed by atoms with Crippen LogP contribution in [0.3, 0.4) is 0 Å². The first-order valence-corrected chi connectivity index (χ1v) is 5.01. The number of nitrogens with zero attached hydrogens (tertiary/aromatic N) is 2. The molecule has 0 aromatic rings. The van der Waals surface area contributed by atoms with Crippen molar-refractivity contribution in [3.05, 3.63) is 0 Å². The van der Waals surface area contributed by atoms with Gasteiger partial charge in [-0.1, -0.05) is 0 Å². The van der Waals surface area contributed by atoms with Gasteiger partial charge in [0.25, 0.3) is 0 Å². The van der Waals surface area contributed by atoms with Crippen LogP contribution in [0.25, 0.3) is 0 Å². The van der Waals surface area contributed by atoms with Crippen LogP contribution in [0.2, 0.25) is 0 Å². The highest BCUT2D eigenvalue weighted by Crippen LogP contribution is 2.11. The van der Waals surface area contributed by atoms with Gasteiger partial charge in [-0.05, 0) is 28.1 Å². The number of ether oxygens (including phenoxy) is 1. The van der Waals surface area contributed by atoms with Crippen LogP contribution in [0.1, 0.15) is 6.92 Å². The van der Waals surface area contributed by atoms with Crippen molar-refractivity contribution in [1.29, 1.82) is 0 Å². The minimum absolute atomic E-state index is 0.0508. The molecular weight excluding hydrogens is 178 g/mol. The maximum Gasteiger partial charge on any atom is 0.0656 e. The fourth-order valence-corrected chi connectivity index (χ4v) is 1.26.